The number of imidazole rings is 1. The molecule has 1 aromatic heterocycles. The van der Waals surface area contributed by atoms with Gasteiger partial charge in [-0.2, -0.15) is 0 Å². The van der Waals surface area contributed by atoms with Crippen LogP contribution in [0.25, 0.3) is 11.0 Å². The summed E-state index contributed by atoms with van der Waals surface area (Å²) >= 11 is 0. The minimum atomic E-state index is 0.501. The van der Waals surface area contributed by atoms with E-state index in [-0.39, 0.29) is 0 Å². The van der Waals surface area contributed by atoms with Gasteiger partial charge in [0.25, 0.3) is 0 Å². The molecule has 3 rings (SSSR count). The maximum Gasteiger partial charge on any atom is 0.123 e. The second kappa shape index (κ2) is 6.10. The molecule has 0 radical (unpaired) electrons. The molecule has 3 aromatic rings. The molecular weight excluding hydrogens is 258 g/mol. The first-order chi connectivity index (χ1) is 10.3. The van der Waals surface area contributed by atoms with Crippen molar-refractivity contribution in [3.05, 3.63) is 66.0 Å². The number of aryl methyl sites for hydroxylation is 1. The van der Waals surface area contributed by atoms with E-state index in [1.807, 2.05) is 6.07 Å². The van der Waals surface area contributed by atoms with Crippen molar-refractivity contribution in [3.63, 3.8) is 0 Å². The molecule has 2 aromatic carbocycles. The molecule has 0 aliphatic rings. The lowest BCUT2D eigenvalue weighted by atomic mass is 10.0. The zero-order chi connectivity index (χ0) is 14.7. The van der Waals surface area contributed by atoms with Crippen LogP contribution in [0.4, 0.5) is 0 Å². The number of benzene rings is 2. The van der Waals surface area contributed by atoms with Gasteiger partial charge in [0, 0.05) is 13.6 Å². The molecule has 0 aliphatic heterocycles. The molecule has 0 spiro atoms. The Bertz CT molecular complexity index is 716. The van der Waals surface area contributed by atoms with Gasteiger partial charge in [0.05, 0.1) is 17.6 Å². The van der Waals surface area contributed by atoms with Gasteiger partial charge in [-0.25, -0.2) is 4.98 Å². The van der Waals surface area contributed by atoms with E-state index in [0.29, 0.717) is 5.92 Å². The van der Waals surface area contributed by atoms with Crippen LogP contribution in [0.15, 0.2) is 54.6 Å². The number of nitrogens with one attached hydrogen (secondary N) is 1. The first kappa shape index (κ1) is 13.8. The molecule has 0 saturated carbocycles. The molecule has 1 N–H and O–H groups in total. The molecule has 0 amide bonds. The van der Waals surface area contributed by atoms with Crippen molar-refractivity contribution in [2.45, 2.75) is 19.4 Å². The van der Waals surface area contributed by atoms with E-state index in [1.165, 1.54) is 11.1 Å². The molecule has 1 atom stereocenters. The third-order valence-corrected chi connectivity index (χ3v) is 3.98. The Hall–Kier alpha value is -2.13. The molecule has 1 unspecified atom stereocenters. The highest BCUT2D eigenvalue weighted by Gasteiger charge is 2.08. The average molecular weight is 279 g/mol. The SMILES string of the molecule is CC(CNCc1nc2ccccc2n1C)c1ccccc1. The summed E-state index contributed by atoms with van der Waals surface area (Å²) in [6.45, 7) is 3.99. The van der Waals surface area contributed by atoms with Crippen molar-refractivity contribution in [3.8, 4) is 0 Å². The summed E-state index contributed by atoms with van der Waals surface area (Å²) in [4.78, 5) is 4.68. The molecular formula is C18H21N3. The summed E-state index contributed by atoms with van der Waals surface area (Å²) < 4.78 is 2.16. The molecule has 0 fully saturated rings. The Morgan fingerprint density at radius 3 is 2.52 bits per heavy atom. The van der Waals surface area contributed by atoms with E-state index in [4.69, 9.17) is 0 Å². The number of hydrogen-bond donors (Lipinski definition) is 1. The van der Waals surface area contributed by atoms with Crippen LogP contribution in [-0.2, 0) is 13.6 Å². The molecule has 0 aliphatic carbocycles. The normalized spacial score (nSPS) is 12.7. The Kier molecular flexibility index (Phi) is 4.02. The molecule has 0 saturated heterocycles. The monoisotopic (exact) mass is 279 g/mol. The number of aromatic nitrogens is 2. The standard InChI is InChI=1S/C18H21N3/c1-14(15-8-4-3-5-9-15)12-19-13-18-20-16-10-6-7-11-17(16)21(18)2/h3-11,14,19H,12-13H2,1-2H3. The number of nitrogens with zero attached hydrogens (tertiary/aromatic N) is 2. The predicted octanol–water partition coefficient (Wildman–Crippen LogP) is 3.47. The van der Waals surface area contributed by atoms with Crippen LogP contribution in [0.2, 0.25) is 0 Å². The fraction of sp³-hybridized carbons (Fsp3) is 0.278. The van der Waals surface area contributed by atoms with Gasteiger partial charge in [0.2, 0.25) is 0 Å². The molecule has 21 heavy (non-hydrogen) atoms. The summed E-state index contributed by atoms with van der Waals surface area (Å²) in [7, 11) is 2.08. The number of fused-ring (bicyclic) bond motifs is 1. The third kappa shape index (κ3) is 2.98. The topological polar surface area (TPSA) is 29.9 Å². The molecule has 3 heteroatoms. The quantitative estimate of drug-likeness (QED) is 0.775. The number of hydrogen-bond acceptors (Lipinski definition) is 2. The number of para-hydroxylation sites is 2. The highest BCUT2D eigenvalue weighted by Crippen LogP contribution is 2.15. The largest absolute Gasteiger partial charge is 0.330 e. The molecule has 1 heterocycles. The van der Waals surface area contributed by atoms with Gasteiger partial charge < -0.3 is 9.88 Å². The Morgan fingerprint density at radius 2 is 1.76 bits per heavy atom. The average Bonchev–Trinajstić information content (AvgIpc) is 2.85. The van der Waals surface area contributed by atoms with E-state index in [9.17, 15) is 0 Å². The van der Waals surface area contributed by atoms with Crippen LogP contribution in [0.1, 0.15) is 24.2 Å². The summed E-state index contributed by atoms with van der Waals surface area (Å²) in [6.07, 6.45) is 0. The summed E-state index contributed by atoms with van der Waals surface area (Å²) in [5.74, 6) is 1.58. The third-order valence-electron chi connectivity index (χ3n) is 3.98. The van der Waals surface area contributed by atoms with Crippen molar-refractivity contribution >= 4 is 11.0 Å². The van der Waals surface area contributed by atoms with E-state index < -0.39 is 0 Å². The van der Waals surface area contributed by atoms with E-state index in [0.717, 1.165) is 24.4 Å². The van der Waals surface area contributed by atoms with Gasteiger partial charge in [0.1, 0.15) is 5.82 Å². The highest BCUT2D eigenvalue weighted by atomic mass is 15.1. The Balaban J connectivity index is 1.63. The van der Waals surface area contributed by atoms with Gasteiger partial charge in [0.15, 0.2) is 0 Å². The fourth-order valence-electron chi connectivity index (χ4n) is 2.65. The lowest BCUT2D eigenvalue weighted by molar-refractivity contribution is 0.590. The fourth-order valence-corrected chi connectivity index (χ4v) is 2.65. The van der Waals surface area contributed by atoms with Gasteiger partial charge >= 0.3 is 0 Å². The second-order valence-corrected chi connectivity index (χ2v) is 5.52. The van der Waals surface area contributed by atoms with Crippen LogP contribution in [0.3, 0.4) is 0 Å². The summed E-state index contributed by atoms with van der Waals surface area (Å²) in [5, 5.41) is 3.52. The van der Waals surface area contributed by atoms with Gasteiger partial charge in [-0.3, -0.25) is 0 Å². The maximum absolute atomic E-state index is 4.68. The minimum absolute atomic E-state index is 0.501. The Labute approximate surface area is 125 Å². The van der Waals surface area contributed by atoms with Gasteiger partial charge in [-0.05, 0) is 23.6 Å². The number of rotatable bonds is 5. The molecule has 3 nitrogen and oxygen atoms in total. The van der Waals surface area contributed by atoms with Crippen LogP contribution in [0, 0.1) is 0 Å². The van der Waals surface area contributed by atoms with Crippen molar-refractivity contribution < 1.29 is 0 Å². The minimum Gasteiger partial charge on any atom is -0.330 e. The van der Waals surface area contributed by atoms with Crippen LogP contribution < -0.4 is 5.32 Å². The zero-order valence-electron chi connectivity index (χ0n) is 12.6. The van der Waals surface area contributed by atoms with E-state index in [2.05, 4.69) is 77.4 Å². The first-order valence-corrected chi connectivity index (χ1v) is 7.41. The van der Waals surface area contributed by atoms with Gasteiger partial charge in [-0.1, -0.05) is 49.4 Å². The van der Waals surface area contributed by atoms with Gasteiger partial charge in [-0.15, -0.1) is 0 Å². The highest BCUT2D eigenvalue weighted by molar-refractivity contribution is 5.75. The van der Waals surface area contributed by atoms with Crippen molar-refractivity contribution in [2.24, 2.45) is 7.05 Å². The smallest absolute Gasteiger partial charge is 0.123 e. The zero-order valence-corrected chi connectivity index (χ0v) is 12.6. The van der Waals surface area contributed by atoms with Crippen molar-refractivity contribution in [1.82, 2.24) is 14.9 Å². The summed E-state index contributed by atoms with van der Waals surface area (Å²) in [6, 6.07) is 18.9. The van der Waals surface area contributed by atoms with Crippen LogP contribution in [-0.4, -0.2) is 16.1 Å². The Morgan fingerprint density at radius 1 is 1.05 bits per heavy atom. The second-order valence-electron chi connectivity index (χ2n) is 5.52. The van der Waals surface area contributed by atoms with E-state index in [1.54, 1.807) is 0 Å². The first-order valence-electron chi connectivity index (χ1n) is 7.41. The van der Waals surface area contributed by atoms with Crippen molar-refractivity contribution in [2.75, 3.05) is 6.54 Å². The lowest BCUT2D eigenvalue weighted by Gasteiger charge is -2.12. The maximum atomic E-state index is 4.68. The predicted molar refractivity (Wildman–Crippen MR) is 87.3 cm³/mol. The van der Waals surface area contributed by atoms with Crippen LogP contribution >= 0.6 is 0 Å². The van der Waals surface area contributed by atoms with E-state index >= 15 is 0 Å². The molecule has 108 valence electrons. The van der Waals surface area contributed by atoms with Crippen molar-refractivity contribution in [1.29, 1.82) is 0 Å². The summed E-state index contributed by atoms with van der Waals surface area (Å²) in [5.41, 5.74) is 3.62. The van der Waals surface area contributed by atoms with Crippen LogP contribution in [0.5, 0.6) is 0 Å². The lowest BCUT2D eigenvalue weighted by Crippen LogP contribution is -2.21. The molecule has 0 bridgehead atoms.